The van der Waals surface area contributed by atoms with Gasteiger partial charge in [-0.25, -0.2) is 4.98 Å². The van der Waals surface area contributed by atoms with Crippen molar-refractivity contribution in [3.05, 3.63) is 56.7 Å². The molecule has 0 aliphatic rings. The van der Waals surface area contributed by atoms with Crippen molar-refractivity contribution in [3.63, 3.8) is 0 Å². The number of hydrogen-bond donors (Lipinski definition) is 1. The van der Waals surface area contributed by atoms with Crippen LogP contribution in [-0.4, -0.2) is 9.97 Å². The molecule has 2 nitrogen and oxygen atoms in total. The quantitative estimate of drug-likeness (QED) is 0.665. The minimum absolute atomic E-state index is 0. The molecule has 1 aromatic heterocycles. The number of hydrogen-bond acceptors (Lipinski definition) is 1. The Morgan fingerprint density at radius 3 is 1.40 bits per heavy atom. The van der Waals surface area contributed by atoms with Crippen molar-refractivity contribution < 1.29 is 0 Å². The van der Waals surface area contributed by atoms with Crippen molar-refractivity contribution in [3.8, 4) is 0 Å². The first kappa shape index (κ1) is 23.5. The van der Waals surface area contributed by atoms with E-state index in [2.05, 4.69) is 29.7 Å². The lowest BCUT2D eigenvalue weighted by Gasteiger charge is -1.46. The van der Waals surface area contributed by atoms with Crippen LogP contribution in [0, 0.1) is 0 Å². The molecule has 88 valence electrons. The van der Waals surface area contributed by atoms with Crippen LogP contribution in [0.25, 0.3) is 0 Å². The van der Waals surface area contributed by atoms with Crippen LogP contribution in [0.3, 0.4) is 0 Å². The van der Waals surface area contributed by atoms with Gasteiger partial charge >= 0.3 is 0 Å². The first-order valence-corrected chi connectivity index (χ1v) is 4.38. The van der Waals surface area contributed by atoms with Crippen LogP contribution in [-0.2, 0) is 0 Å². The Morgan fingerprint density at radius 2 is 1.33 bits per heavy atom. The molecule has 15 heavy (non-hydrogen) atoms. The van der Waals surface area contributed by atoms with Gasteiger partial charge in [-0.2, -0.15) is 13.5 Å². The Balaban J connectivity index is -0.0000000550. The maximum absolute atomic E-state index is 3.67. The third-order valence-corrected chi connectivity index (χ3v) is 0.406. The smallest absolute Gasteiger partial charge is 0.0919 e. The van der Waals surface area contributed by atoms with Gasteiger partial charge in [0.25, 0.3) is 0 Å². The molecule has 0 amide bonds. The summed E-state index contributed by atoms with van der Waals surface area (Å²) < 4.78 is 0. The number of rotatable bonds is 0. The summed E-state index contributed by atoms with van der Waals surface area (Å²) in [7, 11) is 0. The highest BCUT2D eigenvalue weighted by molar-refractivity contribution is 7.59. The van der Waals surface area contributed by atoms with Gasteiger partial charge in [0.1, 0.15) is 0 Å². The minimum atomic E-state index is 0. The van der Waals surface area contributed by atoms with Crippen molar-refractivity contribution in [1.82, 2.24) is 9.97 Å². The number of nitrogens with zero attached hydrogens (tertiary/aromatic N) is 1. The highest BCUT2D eigenvalue weighted by Crippen LogP contribution is 1.62. The van der Waals surface area contributed by atoms with Gasteiger partial charge in [-0.15, -0.1) is 19.7 Å². The fourth-order valence-electron chi connectivity index (χ4n) is 0.215. The topological polar surface area (TPSA) is 28.7 Å². The van der Waals surface area contributed by atoms with Gasteiger partial charge in [0, 0.05) is 12.4 Å². The zero-order valence-electron chi connectivity index (χ0n) is 10.0. The van der Waals surface area contributed by atoms with Crippen molar-refractivity contribution in [1.29, 1.82) is 0 Å². The lowest BCUT2D eigenvalue weighted by atomic mass is 10.8. The summed E-state index contributed by atoms with van der Waals surface area (Å²) in [5.41, 5.74) is 0. The molecule has 0 aromatic carbocycles. The van der Waals surface area contributed by atoms with Crippen LogP contribution in [0.15, 0.2) is 56.7 Å². The van der Waals surface area contributed by atoms with Crippen molar-refractivity contribution in [2.45, 2.75) is 20.8 Å². The summed E-state index contributed by atoms with van der Waals surface area (Å²) >= 11 is 0. The molecule has 0 radical (unpaired) electrons. The van der Waals surface area contributed by atoms with Gasteiger partial charge in [0.2, 0.25) is 0 Å². The largest absolute Gasteiger partial charge is 0.351 e. The van der Waals surface area contributed by atoms with Gasteiger partial charge in [-0.3, -0.25) is 0 Å². The molecule has 0 spiro atoms. The predicted molar refractivity (Wildman–Crippen MR) is 76.6 cm³/mol. The van der Waals surface area contributed by atoms with E-state index in [0.717, 1.165) is 0 Å². The lowest BCUT2D eigenvalue weighted by Crippen LogP contribution is -1.44. The molecule has 1 N–H and O–H groups in total. The molecule has 0 aliphatic carbocycles. The van der Waals surface area contributed by atoms with Gasteiger partial charge in [-0.1, -0.05) is 18.2 Å². The Hall–Kier alpha value is -1.22. The summed E-state index contributed by atoms with van der Waals surface area (Å²) in [5.74, 6) is 0. The summed E-state index contributed by atoms with van der Waals surface area (Å²) in [5, 5.41) is 0. The monoisotopic (exact) mass is 228 g/mol. The number of H-pyrrole nitrogens is 1. The van der Waals surface area contributed by atoms with E-state index in [4.69, 9.17) is 0 Å². The molecular weight excluding hydrogens is 204 g/mol. The average molecular weight is 228 g/mol. The first-order valence-electron chi connectivity index (χ1n) is 4.38. The number of nitrogens with one attached hydrogen (secondary N) is 1. The SMILES string of the molecule is C=CC.C=CC.C=CC.S.c1c[nH]cn1. The molecule has 0 saturated heterocycles. The van der Waals surface area contributed by atoms with Crippen LogP contribution >= 0.6 is 13.5 Å². The Bertz CT molecular complexity index is 150. The Labute approximate surface area is 101 Å². The molecule has 0 saturated carbocycles. The Morgan fingerprint density at radius 1 is 1.00 bits per heavy atom. The van der Waals surface area contributed by atoms with Crippen LogP contribution < -0.4 is 0 Å². The zero-order valence-corrected chi connectivity index (χ0v) is 11.0. The van der Waals surface area contributed by atoms with Crippen LogP contribution in [0.4, 0.5) is 0 Å². The zero-order chi connectivity index (χ0) is 11.7. The summed E-state index contributed by atoms with van der Waals surface area (Å²) in [6, 6.07) is 0. The molecule has 3 heteroatoms. The van der Waals surface area contributed by atoms with Crippen molar-refractivity contribution >= 4 is 13.5 Å². The molecule has 0 unspecified atom stereocenters. The van der Waals surface area contributed by atoms with Gasteiger partial charge in [0.05, 0.1) is 6.33 Å². The molecule has 0 bridgehead atoms. The maximum Gasteiger partial charge on any atom is 0.0919 e. The fourth-order valence-corrected chi connectivity index (χ4v) is 0.215. The molecule has 1 heterocycles. The second kappa shape index (κ2) is 38.6. The fraction of sp³-hybridized carbons (Fsp3) is 0.250. The predicted octanol–water partition coefficient (Wildman–Crippen LogP) is 4.10. The van der Waals surface area contributed by atoms with E-state index in [0.29, 0.717) is 0 Å². The summed E-state index contributed by atoms with van der Waals surface area (Å²) in [6.45, 7) is 15.8. The molecule has 0 aliphatic heterocycles. The molecular formula is C12H24N2S. The van der Waals surface area contributed by atoms with Gasteiger partial charge in [-0.05, 0) is 20.8 Å². The Kier molecular flexibility index (Phi) is 60.5. The second-order valence-corrected chi connectivity index (χ2v) is 1.99. The molecule has 0 atom stereocenters. The number of imidazole rings is 1. The van der Waals surface area contributed by atoms with Crippen LogP contribution in [0.1, 0.15) is 20.8 Å². The number of aromatic amines is 1. The molecule has 1 rings (SSSR count). The number of aromatic nitrogens is 2. The second-order valence-electron chi connectivity index (χ2n) is 1.99. The third kappa shape index (κ3) is 104. The normalized spacial score (nSPS) is 5.27. The van der Waals surface area contributed by atoms with E-state index in [-0.39, 0.29) is 13.5 Å². The average Bonchev–Trinajstić information content (AvgIpc) is 2.63. The summed E-state index contributed by atoms with van der Waals surface area (Å²) in [4.78, 5) is 6.42. The minimum Gasteiger partial charge on any atom is -0.351 e. The van der Waals surface area contributed by atoms with Gasteiger partial charge in [0.15, 0.2) is 0 Å². The standard InChI is InChI=1S/C3H4N2.3C3H6.H2S/c1-2-5-3-4-1;3*1-3-2;/h1-3H,(H,4,5);3*3H,1H2,2H3;1H2. The molecule has 0 fully saturated rings. The van der Waals surface area contributed by atoms with E-state index in [9.17, 15) is 0 Å². The molecule has 1 aromatic rings. The van der Waals surface area contributed by atoms with Gasteiger partial charge < -0.3 is 4.98 Å². The van der Waals surface area contributed by atoms with Crippen LogP contribution in [0.2, 0.25) is 0 Å². The maximum atomic E-state index is 3.67. The van der Waals surface area contributed by atoms with E-state index in [1.807, 2.05) is 20.8 Å². The van der Waals surface area contributed by atoms with E-state index >= 15 is 0 Å². The first-order chi connectivity index (χ1) is 6.74. The summed E-state index contributed by atoms with van der Waals surface area (Å²) in [6.07, 6.45) is 10.3. The van der Waals surface area contributed by atoms with Crippen molar-refractivity contribution in [2.75, 3.05) is 0 Å². The van der Waals surface area contributed by atoms with Crippen molar-refractivity contribution in [2.24, 2.45) is 0 Å². The van der Waals surface area contributed by atoms with E-state index < -0.39 is 0 Å². The highest BCUT2D eigenvalue weighted by atomic mass is 32.1. The van der Waals surface area contributed by atoms with E-state index in [1.54, 1.807) is 36.9 Å². The van der Waals surface area contributed by atoms with Crippen LogP contribution in [0.5, 0.6) is 0 Å². The number of allylic oxidation sites excluding steroid dienone is 3. The lowest BCUT2D eigenvalue weighted by molar-refractivity contribution is 1.31. The van der Waals surface area contributed by atoms with E-state index in [1.165, 1.54) is 0 Å². The third-order valence-electron chi connectivity index (χ3n) is 0.406. The highest BCUT2D eigenvalue weighted by Gasteiger charge is 1.56.